The third-order valence-electron chi connectivity index (χ3n) is 5.63. The monoisotopic (exact) mass is 412 g/mol. The Morgan fingerprint density at radius 3 is 2.65 bits per heavy atom. The molecular formula is C19H21BrN6. The van der Waals surface area contributed by atoms with Gasteiger partial charge >= 0.3 is 0 Å². The smallest absolute Gasteiger partial charge is 0.221 e. The Kier molecular flexibility index (Phi) is 3.94. The summed E-state index contributed by atoms with van der Waals surface area (Å²) in [5.74, 6) is 1.65. The molecule has 0 atom stereocenters. The Bertz CT molecular complexity index is 956. The van der Waals surface area contributed by atoms with E-state index >= 15 is 0 Å². The Morgan fingerprint density at radius 1 is 1.12 bits per heavy atom. The van der Waals surface area contributed by atoms with Gasteiger partial charge in [-0.15, -0.1) is 0 Å². The van der Waals surface area contributed by atoms with Crippen LogP contribution in [0.15, 0.2) is 35.3 Å². The third kappa shape index (κ3) is 2.89. The average Bonchev–Trinajstić information content (AvgIpc) is 3.43. The molecule has 2 aliphatic rings. The van der Waals surface area contributed by atoms with Gasteiger partial charge in [0, 0.05) is 30.0 Å². The fraction of sp³-hybridized carbons (Fsp3) is 0.421. The van der Waals surface area contributed by atoms with E-state index in [9.17, 15) is 0 Å². The number of rotatable bonds is 3. The molecule has 0 bridgehead atoms. The first-order valence-corrected chi connectivity index (χ1v) is 9.98. The van der Waals surface area contributed by atoms with Crippen molar-refractivity contribution in [3.05, 3.63) is 40.9 Å². The van der Waals surface area contributed by atoms with Gasteiger partial charge in [-0.25, -0.2) is 9.97 Å². The zero-order chi connectivity index (χ0) is 17.7. The summed E-state index contributed by atoms with van der Waals surface area (Å²) in [5, 5.41) is 1.20. The maximum atomic E-state index is 5.81. The van der Waals surface area contributed by atoms with E-state index in [2.05, 4.69) is 52.6 Å². The first-order chi connectivity index (χ1) is 12.7. The number of aromatic nitrogens is 4. The molecule has 1 aliphatic heterocycles. The second kappa shape index (κ2) is 6.32. The molecule has 6 nitrogen and oxygen atoms in total. The standard InChI is InChI=1S/C19H21BrN6/c20-17-9-16-14(10-23-17)15(11-26(16)18-3-6-22-19(21)24-18)12-4-7-25(8-5-12)13-1-2-13/h3,6,9-13H,1-2,4-5,7-8H2,(H2,21,22,24). The Hall–Kier alpha value is -1.99. The molecule has 7 heteroatoms. The number of piperidine rings is 1. The average molecular weight is 413 g/mol. The predicted octanol–water partition coefficient (Wildman–Crippen LogP) is 3.50. The summed E-state index contributed by atoms with van der Waals surface area (Å²) in [4.78, 5) is 15.6. The normalized spacial score (nSPS) is 19.3. The number of halogens is 1. The summed E-state index contributed by atoms with van der Waals surface area (Å²) < 4.78 is 2.93. The fourth-order valence-electron chi connectivity index (χ4n) is 4.15. The van der Waals surface area contributed by atoms with Crippen molar-refractivity contribution in [2.45, 2.75) is 37.6 Å². The zero-order valence-corrected chi connectivity index (χ0v) is 16.1. The highest BCUT2D eigenvalue weighted by atomic mass is 79.9. The van der Waals surface area contributed by atoms with Crippen LogP contribution in [-0.4, -0.2) is 43.6 Å². The molecule has 1 saturated heterocycles. The molecule has 5 rings (SSSR count). The van der Waals surface area contributed by atoms with Gasteiger partial charge in [-0.1, -0.05) is 0 Å². The highest BCUT2D eigenvalue weighted by Crippen LogP contribution is 2.38. The van der Waals surface area contributed by atoms with Crippen LogP contribution in [0.1, 0.15) is 37.2 Å². The van der Waals surface area contributed by atoms with E-state index in [0.717, 1.165) is 22.0 Å². The van der Waals surface area contributed by atoms with Gasteiger partial charge in [0.25, 0.3) is 0 Å². The summed E-state index contributed by atoms with van der Waals surface area (Å²) in [6.45, 7) is 2.40. The lowest BCUT2D eigenvalue weighted by molar-refractivity contribution is 0.204. The van der Waals surface area contributed by atoms with Crippen LogP contribution < -0.4 is 5.73 Å². The summed E-state index contributed by atoms with van der Waals surface area (Å²) in [6, 6.07) is 4.80. The Morgan fingerprint density at radius 2 is 1.92 bits per heavy atom. The van der Waals surface area contributed by atoms with E-state index in [1.807, 2.05) is 12.3 Å². The van der Waals surface area contributed by atoms with Crippen molar-refractivity contribution in [1.82, 2.24) is 24.4 Å². The van der Waals surface area contributed by atoms with Crippen LogP contribution in [0.2, 0.25) is 0 Å². The maximum Gasteiger partial charge on any atom is 0.221 e. The number of pyridine rings is 1. The highest BCUT2D eigenvalue weighted by molar-refractivity contribution is 9.10. The molecule has 0 amide bonds. The molecule has 0 aromatic carbocycles. The topological polar surface area (TPSA) is 72.9 Å². The molecule has 134 valence electrons. The van der Waals surface area contributed by atoms with Crippen molar-refractivity contribution in [2.75, 3.05) is 18.8 Å². The Labute approximate surface area is 160 Å². The molecule has 3 aromatic rings. The van der Waals surface area contributed by atoms with E-state index in [0.29, 0.717) is 5.92 Å². The van der Waals surface area contributed by atoms with Crippen LogP contribution in [0, 0.1) is 0 Å². The minimum absolute atomic E-state index is 0.289. The van der Waals surface area contributed by atoms with Gasteiger partial charge in [-0.2, -0.15) is 4.98 Å². The number of nitrogens with zero attached hydrogens (tertiary/aromatic N) is 5. The first kappa shape index (κ1) is 16.2. The second-order valence-corrected chi connectivity index (χ2v) is 8.11. The van der Waals surface area contributed by atoms with Crippen LogP contribution >= 0.6 is 15.9 Å². The molecule has 0 spiro atoms. The van der Waals surface area contributed by atoms with Crippen molar-refractivity contribution in [1.29, 1.82) is 0 Å². The molecule has 1 aliphatic carbocycles. The van der Waals surface area contributed by atoms with Gasteiger partial charge in [-0.3, -0.25) is 0 Å². The minimum atomic E-state index is 0.289. The summed E-state index contributed by atoms with van der Waals surface area (Å²) >= 11 is 3.50. The first-order valence-electron chi connectivity index (χ1n) is 9.18. The second-order valence-electron chi connectivity index (χ2n) is 7.29. The number of nitrogen functional groups attached to an aromatic ring is 1. The molecule has 4 heterocycles. The van der Waals surface area contributed by atoms with E-state index in [-0.39, 0.29) is 5.95 Å². The molecule has 2 fully saturated rings. The number of nitrogens with two attached hydrogens (primary N) is 1. The fourth-order valence-corrected chi connectivity index (χ4v) is 4.47. The largest absolute Gasteiger partial charge is 0.368 e. The van der Waals surface area contributed by atoms with Crippen LogP contribution in [-0.2, 0) is 0 Å². The number of hydrogen-bond acceptors (Lipinski definition) is 5. The van der Waals surface area contributed by atoms with Crippen molar-refractivity contribution in [2.24, 2.45) is 0 Å². The van der Waals surface area contributed by atoms with Gasteiger partial charge < -0.3 is 15.2 Å². The maximum absolute atomic E-state index is 5.81. The van der Waals surface area contributed by atoms with Crippen molar-refractivity contribution in [3.63, 3.8) is 0 Å². The third-order valence-corrected chi connectivity index (χ3v) is 6.06. The van der Waals surface area contributed by atoms with Gasteiger partial charge in [0.1, 0.15) is 10.4 Å². The van der Waals surface area contributed by atoms with E-state index < -0.39 is 0 Å². The zero-order valence-electron chi connectivity index (χ0n) is 14.5. The lowest BCUT2D eigenvalue weighted by Gasteiger charge is -2.31. The summed E-state index contributed by atoms with van der Waals surface area (Å²) in [5.41, 5.74) is 8.28. The van der Waals surface area contributed by atoms with Crippen molar-refractivity contribution < 1.29 is 0 Å². The quantitative estimate of drug-likeness (QED) is 0.666. The van der Waals surface area contributed by atoms with Crippen LogP contribution in [0.4, 0.5) is 5.95 Å². The van der Waals surface area contributed by atoms with Gasteiger partial charge in [0.2, 0.25) is 5.95 Å². The van der Waals surface area contributed by atoms with E-state index in [1.165, 1.54) is 49.7 Å². The molecule has 3 aromatic heterocycles. The summed E-state index contributed by atoms with van der Waals surface area (Å²) in [7, 11) is 0. The van der Waals surface area contributed by atoms with Crippen molar-refractivity contribution >= 4 is 32.8 Å². The van der Waals surface area contributed by atoms with Gasteiger partial charge in [0.15, 0.2) is 0 Å². The minimum Gasteiger partial charge on any atom is -0.368 e. The molecule has 0 unspecified atom stereocenters. The molecule has 0 radical (unpaired) electrons. The molecule has 26 heavy (non-hydrogen) atoms. The van der Waals surface area contributed by atoms with Gasteiger partial charge in [0.05, 0.1) is 5.52 Å². The lowest BCUT2D eigenvalue weighted by Crippen LogP contribution is -2.34. The molecule has 1 saturated carbocycles. The molecule has 2 N–H and O–H groups in total. The van der Waals surface area contributed by atoms with Crippen LogP contribution in [0.3, 0.4) is 0 Å². The van der Waals surface area contributed by atoms with E-state index in [1.54, 1.807) is 6.20 Å². The number of hydrogen-bond donors (Lipinski definition) is 1. The summed E-state index contributed by atoms with van der Waals surface area (Å²) in [6.07, 6.45) is 11.1. The number of anilines is 1. The lowest BCUT2D eigenvalue weighted by atomic mass is 9.89. The van der Waals surface area contributed by atoms with Crippen LogP contribution in [0.25, 0.3) is 16.7 Å². The Balaban J connectivity index is 1.55. The molecular weight excluding hydrogens is 392 g/mol. The SMILES string of the molecule is Nc1nccc(-n2cc(C3CCN(C4CC4)CC3)c3cnc(Br)cc32)n1. The predicted molar refractivity (Wildman–Crippen MR) is 105 cm³/mol. The van der Waals surface area contributed by atoms with Crippen LogP contribution in [0.5, 0.6) is 0 Å². The number of fused-ring (bicyclic) bond motifs is 1. The van der Waals surface area contributed by atoms with Crippen molar-refractivity contribution in [3.8, 4) is 5.82 Å². The van der Waals surface area contributed by atoms with Gasteiger partial charge in [-0.05, 0) is 78.3 Å². The number of likely N-dealkylation sites (tertiary alicyclic amines) is 1. The van der Waals surface area contributed by atoms with E-state index in [4.69, 9.17) is 5.73 Å². The highest BCUT2D eigenvalue weighted by Gasteiger charge is 2.33.